The van der Waals surface area contributed by atoms with Gasteiger partial charge in [0, 0.05) is 6.42 Å². The van der Waals surface area contributed by atoms with Gasteiger partial charge >= 0.3 is 17.9 Å². The van der Waals surface area contributed by atoms with Crippen LogP contribution in [0.1, 0.15) is 87.5 Å². The lowest BCUT2D eigenvalue weighted by Crippen LogP contribution is -2.61. The molecule has 0 saturated carbocycles. The van der Waals surface area contributed by atoms with Crippen LogP contribution < -0.4 is 48.7 Å². The van der Waals surface area contributed by atoms with Crippen LogP contribution in [0.4, 0.5) is 0 Å². The highest BCUT2D eigenvalue weighted by molar-refractivity contribution is 5.99. The second kappa shape index (κ2) is 25.5. The molecule has 0 aliphatic carbocycles. The van der Waals surface area contributed by atoms with E-state index in [1.807, 2.05) is 0 Å². The van der Waals surface area contributed by atoms with Gasteiger partial charge in [0.15, 0.2) is 0 Å². The Morgan fingerprint density at radius 3 is 1.29 bits per heavy atom. The molecule has 0 spiro atoms. The number of primary amides is 1. The first-order valence-electron chi connectivity index (χ1n) is 19.0. The van der Waals surface area contributed by atoms with E-state index in [9.17, 15) is 68.1 Å². The topological polar surface area (TPSA) is 385 Å². The Morgan fingerprint density at radius 1 is 0.475 bits per heavy atom. The fourth-order valence-corrected chi connectivity index (χ4v) is 5.43. The van der Waals surface area contributed by atoms with Gasteiger partial charge < -0.3 is 64.0 Å². The molecule has 59 heavy (non-hydrogen) atoms. The number of nitrogens with two attached hydrogens (primary N) is 2. The lowest BCUT2D eigenvalue weighted by molar-refractivity contribution is -0.144. The molecule has 0 fully saturated rings. The van der Waals surface area contributed by atoms with Crippen molar-refractivity contribution >= 4 is 65.2 Å². The molecule has 23 heteroatoms. The fourth-order valence-electron chi connectivity index (χ4n) is 5.43. The second-order valence-electron chi connectivity index (χ2n) is 15.4. The smallest absolute Gasteiger partial charge is 0.326 e. The summed E-state index contributed by atoms with van der Waals surface area (Å²) in [6.45, 7) is 12.1. The van der Waals surface area contributed by atoms with E-state index >= 15 is 0 Å². The number of aliphatic carboxylic acids is 3. The van der Waals surface area contributed by atoms with Gasteiger partial charge in [0.2, 0.25) is 47.3 Å². The van der Waals surface area contributed by atoms with Gasteiger partial charge in [-0.15, -0.1) is 0 Å². The van der Waals surface area contributed by atoms with Crippen LogP contribution in [-0.4, -0.2) is 129 Å². The summed E-state index contributed by atoms with van der Waals surface area (Å²) in [5.41, 5.74) is 10.7. The maximum Gasteiger partial charge on any atom is 0.326 e. The van der Waals surface area contributed by atoms with Crippen LogP contribution in [0.3, 0.4) is 0 Å². The summed E-state index contributed by atoms with van der Waals surface area (Å²) in [4.78, 5) is 139. The van der Waals surface area contributed by atoms with Crippen molar-refractivity contribution in [3.63, 3.8) is 0 Å². The number of carboxylic acids is 3. The van der Waals surface area contributed by atoms with Crippen molar-refractivity contribution in [1.29, 1.82) is 0 Å². The molecule has 0 aliphatic rings. The lowest BCUT2D eigenvalue weighted by atomic mass is 9.99. The molecule has 14 N–H and O–H groups in total. The number of carbonyl (C=O) groups excluding carboxylic acids is 8. The summed E-state index contributed by atoms with van der Waals surface area (Å²) in [7, 11) is 0. The Labute approximate surface area is 341 Å². The summed E-state index contributed by atoms with van der Waals surface area (Å²) in [5.74, 6) is -14.3. The van der Waals surface area contributed by atoms with Crippen molar-refractivity contribution < 1.29 is 68.1 Å². The zero-order valence-corrected chi connectivity index (χ0v) is 34.6. The van der Waals surface area contributed by atoms with E-state index in [1.54, 1.807) is 27.7 Å². The van der Waals surface area contributed by atoms with Crippen molar-refractivity contribution in [3.8, 4) is 0 Å². The molecule has 0 aromatic carbocycles. The average Bonchev–Trinajstić information content (AvgIpc) is 3.10. The molecule has 334 valence electrons. The molecule has 0 heterocycles. The molecular weight excluding hydrogens is 782 g/mol. The number of nitrogens with one attached hydrogen (secondary N) is 7. The van der Waals surface area contributed by atoms with Gasteiger partial charge in [0.25, 0.3) is 0 Å². The van der Waals surface area contributed by atoms with Crippen molar-refractivity contribution in [2.75, 3.05) is 6.54 Å². The van der Waals surface area contributed by atoms with Crippen molar-refractivity contribution in [2.45, 2.75) is 130 Å². The molecule has 0 aromatic rings. The molecule has 8 amide bonds. The van der Waals surface area contributed by atoms with Crippen LogP contribution in [0.25, 0.3) is 0 Å². The third kappa shape index (κ3) is 19.9. The molecule has 0 saturated heterocycles. The molecule has 7 atom stereocenters. The van der Waals surface area contributed by atoms with E-state index in [-0.39, 0.29) is 12.3 Å². The molecule has 0 bridgehead atoms. The van der Waals surface area contributed by atoms with Crippen molar-refractivity contribution in [1.82, 2.24) is 37.2 Å². The van der Waals surface area contributed by atoms with E-state index in [1.165, 1.54) is 27.7 Å². The highest BCUT2D eigenvalue weighted by Crippen LogP contribution is 2.11. The van der Waals surface area contributed by atoms with E-state index in [2.05, 4.69) is 37.2 Å². The van der Waals surface area contributed by atoms with E-state index < -0.39 is 157 Å². The molecule has 0 unspecified atom stereocenters. The highest BCUT2D eigenvalue weighted by atomic mass is 16.4. The maximum atomic E-state index is 13.7. The van der Waals surface area contributed by atoms with Gasteiger partial charge in [-0.05, 0) is 36.5 Å². The highest BCUT2D eigenvalue weighted by Gasteiger charge is 2.36. The molecule has 0 radical (unpaired) electrons. The van der Waals surface area contributed by atoms with Gasteiger partial charge in [0.1, 0.15) is 42.3 Å². The van der Waals surface area contributed by atoms with Crippen molar-refractivity contribution in [2.24, 2.45) is 35.1 Å². The SMILES string of the molecule is CC(C)C[C@H](NC(=O)[C@H](CC(N)=O)NC(=O)[C@@H](NC(=O)CN)C(C)C)C(=O)N[C@@H](CC(=O)O)C(=O)N[C@H](C(=O)N[C@@H](CCC(=O)O)C(=O)N[C@H](C(=O)O)C(C)C)C(C)C. The Balaban J connectivity index is 6.43. The first-order valence-corrected chi connectivity index (χ1v) is 19.0. The Hall–Kier alpha value is -5.87. The molecule has 0 rings (SSSR count). The summed E-state index contributed by atoms with van der Waals surface area (Å²) < 4.78 is 0. The summed E-state index contributed by atoms with van der Waals surface area (Å²) in [6.07, 6.45) is -2.94. The number of rotatable bonds is 27. The molecule has 0 aromatic heterocycles. The van der Waals surface area contributed by atoms with Gasteiger partial charge in [-0.25, -0.2) is 4.79 Å². The van der Waals surface area contributed by atoms with E-state index in [4.69, 9.17) is 11.5 Å². The number of hydrogen-bond donors (Lipinski definition) is 12. The predicted octanol–water partition coefficient (Wildman–Crippen LogP) is -3.35. The third-order valence-electron chi connectivity index (χ3n) is 8.60. The first-order chi connectivity index (χ1) is 27.2. The minimum Gasteiger partial charge on any atom is -0.481 e. The van der Waals surface area contributed by atoms with Crippen LogP contribution >= 0.6 is 0 Å². The van der Waals surface area contributed by atoms with Crippen LogP contribution in [0.2, 0.25) is 0 Å². The Morgan fingerprint density at radius 2 is 0.864 bits per heavy atom. The fraction of sp³-hybridized carbons (Fsp3) is 0.694. The van der Waals surface area contributed by atoms with Gasteiger partial charge in [-0.3, -0.25) is 47.9 Å². The van der Waals surface area contributed by atoms with Crippen molar-refractivity contribution in [3.05, 3.63) is 0 Å². The predicted molar refractivity (Wildman–Crippen MR) is 207 cm³/mol. The second-order valence-corrected chi connectivity index (χ2v) is 15.4. The van der Waals surface area contributed by atoms with E-state index in [0.717, 1.165) is 0 Å². The molecule has 0 aliphatic heterocycles. The van der Waals surface area contributed by atoms with Gasteiger partial charge in [-0.2, -0.15) is 0 Å². The number of carboxylic acid groups (broad SMARTS) is 3. The Bertz CT molecular complexity index is 1550. The number of amides is 8. The quantitative estimate of drug-likeness (QED) is 0.0384. The average molecular weight is 844 g/mol. The van der Waals surface area contributed by atoms with Crippen LogP contribution in [0, 0.1) is 23.7 Å². The van der Waals surface area contributed by atoms with Gasteiger partial charge in [0.05, 0.1) is 19.4 Å². The summed E-state index contributed by atoms with van der Waals surface area (Å²) >= 11 is 0. The minimum atomic E-state index is -1.87. The van der Waals surface area contributed by atoms with Crippen LogP contribution in [0.5, 0.6) is 0 Å². The third-order valence-corrected chi connectivity index (χ3v) is 8.60. The Kier molecular flexibility index (Phi) is 22.9. The molecule has 23 nitrogen and oxygen atoms in total. The number of hydrogen-bond acceptors (Lipinski definition) is 12. The summed E-state index contributed by atoms with van der Waals surface area (Å²) in [6, 6.07) is -10.7. The molecular formula is C36H61N9O14. The normalized spacial score (nSPS) is 14.7. The standard InChI is InChI=1S/C36H61N9O14/c1-15(2)11-20(40-32(54)21(12-23(38)46)42-34(56)27(16(3)4)43-24(47)14-37)31(53)41-22(13-26(50)51)33(55)44-28(17(5)6)35(57)39-19(9-10-25(48)49)30(52)45-29(18(7)8)36(58)59/h15-22,27-29H,9-14,37H2,1-8H3,(H2,38,46)(H,39,57)(H,40,54)(H,41,53)(H,42,56)(H,43,47)(H,44,55)(H,45,52)(H,48,49)(H,50,51)(H,58,59)/t19-,20-,21-,22-,27-,28-,29-/m0/s1. The minimum absolute atomic E-state index is 0.103. The monoisotopic (exact) mass is 843 g/mol. The van der Waals surface area contributed by atoms with Crippen LogP contribution in [0.15, 0.2) is 0 Å². The number of carbonyl (C=O) groups is 11. The van der Waals surface area contributed by atoms with Crippen LogP contribution in [-0.2, 0) is 52.7 Å². The van der Waals surface area contributed by atoms with Gasteiger partial charge in [-0.1, -0.05) is 55.4 Å². The largest absolute Gasteiger partial charge is 0.481 e. The van der Waals surface area contributed by atoms with E-state index in [0.29, 0.717) is 0 Å². The lowest BCUT2D eigenvalue weighted by Gasteiger charge is -2.29. The maximum absolute atomic E-state index is 13.7. The zero-order chi connectivity index (χ0) is 45.9. The first kappa shape index (κ1) is 53.1. The zero-order valence-electron chi connectivity index (χ0n) is 34.6. The summed E-state index contributed by atoms with van der Waals surface area (Å²) in [5, 5.41) is 44.6.